The van der Waals surface area contributed by atoms with Crippen molar-refractivity contribution in [3.63, 3.8) is 0 Å². The van der Waals surface area contributed by atoms with Crippen LogP contribution in [-0.2, 0) is 11.2 Å². The molecule has 7 rings (SSSR count). The second-order valence-corrected chi connectivity index (χ2v) is 14.6. The Hall–Kier alpha value is -4.29. The molecule has 50 heavy (non-hydrogen) atoms. The number of rotatable bonds is 8. The monoisotopic (exact) mass is 689 g/mol. The number of aromatic nitrogens is 2. The molecule has 10 nitrogen and oxygen atoms in total. The van der Waals surface area contributed by atoms with Crippen molar-refractivity contribution in [2.75, 3.05) is 51.8 Å². The van der Waals surface area contributed by atoms with E-state index in [0.29, 0.717) is 65.6 Å². The third-order valence-electron chi connectivity index (χ3n) is 10.8. The Balaban J connectivity index is 1.29. The minimum absolute atomic E-state index is 0.0264. The molecule has 0 saturated carbocycles. The summed E-state index contributed by atoms with van der Waals surface area (Å²) < 4.78 is 44.0. The number of hydrogen-bond acceptors (Lipinski definition) is 9. The third kappa shape index (κ3) is 6.17. The number of carbonyl (C=O) groups excluding carboxylic acids is 1. The predicted molar refractivity (Wildman–Crippen MR) is 188 cm³/mol. The van der Waals surface area contributed by atoms with Crippen LogP contribution in [-0.4, -0.2) is 100 Å². The number of carbonyl (C=O) groups is 1. The highest BCUT2D eigenvalue weighted by Crippen LogP contribution is 2.44. The van der Waals surface area contributed by atoms with Crippen molar-refractivity contribution in [3.8, 4) is 22.9 Å². The molecule has 3 aromatic carbocycles. The molecule has 12 heteroatoms. The molecule has 0 bridgehead atoms. The van der Waals surface area contributed by atoms with Gasteiger partial charge in [-0.15, -0.1) is 0 Å². The second kappa shape index (κ2) is 13.1. The van der Waals surface area contributed by atoms with E-state index >= 15 is 8.78 Å². The fraction of sp³-hybridized carbons (Fsp3) is 0.500. The average molecular weight is 690 g/mol. The molecule has 4 heterocycles. The van der Waals surface area contributed by atoms with E-state index in [2.05, 4.69) is 9.88 Å². The van der Waals surface area contributed by atoms with Crippen LogP contribution in [0.5, 0.6) is 11.8 Å². The maximum atomic E-state index is 17.0. The lowest BCUT2D eigenvalue weighted by molar-refractivity contribution is 0.0442. The number of phenols is 1. The largest absolute Gasteiger partial charge is 0.508 e. The van der Waals surface area contributed by atoms with E-state index in [1.54, 1.807) is 45.3 Å². The molecule has 266 valence electrons. The molecule has 0 aliphatic carbocycles. The Morgan fingerprint density at radius 3 is 2.62 bits per heavy atom. The molecule has 3 aliphatic rings. The molecule has 2 N–H and O–H groups in total. The van der Waals surface area contributed by atoms with Crippen molar-refractivity contribution in [2.24, 2.45) is 0 Å². The number of piperidine rings is 1. The van der Waals surface area contributed by atoms with E-state index in [-0.39, 0.29) is 47.1 Å². The number of halogens is 2. The van der Waals surface area contributed by atoms with Gasteiger partial charge in [-0.2, -0.15) is 9.97 Å². The Morgan fingerprint density at radius 2 is 1.86 bits per heavy atom. The first-order valence-electron chi connectivity index (χ1n) is 17.6. The minimum Gasteiger partial charge on any atom is -0.508 e. The zero-order chi connectivity index (χ0) is 35.4. The van der Waals surface area contributed by atoms with Crippen molar-refractivity contribution in [1.29, 1.82) is 0 Å². The van der Waals surface area contributed by atoms with Gasteiger partial charge < -0.3 is 29.5 Å². The van der Waals surface area contributed by atoms with Gasteiger partial charge in [0.25, 0.3) is 0 Å². The second-order valence-electron chi connectivity index (χ2n) is 14.6. The number of fused-ring (bicyclic) bond motifs is 3. The first-order chi connectivity index (χ1) is 23.9. The maximum Gasteiger partial charge on any atom is 0.409 e. The highest BCUT2D eigenvalue weighted by atomic mass is 19.1. The summed E-state index contributed by atoms with van der Waals surface area (Å²) in [5.74, 6) is -0.620. The number of anilines is 1. The highest BCUT2D eigenvalue weighted by Gasteiger charge is 2.50. The van der Waals surface area contributed by atoms with E-state index in [0.717, 1.165) is 38.6 Å². The fourth-order valence-corrected chi connectivity index (χ4v) is 8.38. The molecule has 3 aliphatic heterocycles. The summed E-state index contributed by atoms with van der Waals surface area (Å²) in [7, 11) is 3.32. The van der Waals surface area contributed by atoms with Crippen LogP contribution >= 0.6 is 0 Å². The van der Waals surface area contributed by atoms with Crippen LogP contribution < -0.4 is 9.64 Å². The quantitative estimate of drug-likeness (QED) is 0.217. The van der Waals surface area contributed by atoms with Gasteiger partial charge in [-0.25, -0.2) is 13.6 Å². The summed E-state index contributed by atoms with van der Waals surface area (Å²) in [6, 6.07) is 9.45. The Morgan fingerprint density at radius 1 is 1.06 bits per heavy atom. The number of aliphatic hydroxyl groups is 1. The molecule has 0 unspecified atom stereocenters. The SMILES string of the molecule is CCc1c(F)ccc2cc(O)cc(-c3ccc4c(N5CCC[C@@](C)(O)C5)nc(OC[C@]56CCCN5[C@H](COC(=O)N(C)C)CC6)nc4c3F)c12. The van der Waals surface area contributed by atoms with Crippen molar-refractivity contribution in [3.05, 3.63) is 53.6 Å². The van der Waals surface area contributed by atoms with Gasteiger partial charge in [0.1, 0.15) is 36.1 Å². The summed E-state index contributed by atoms with van der Waals surface area (Å²) in [5.41, 5.74) is -0.220. The number of phenolic OH excluding ortho intramolecular Hbond substituents is 1. The van der Waals surface area contributed by atoms with Crippen LogP contribution in [0.3, 0.4) is 0 Å². The number of hydrogen-bond donors (Lipinski definition) is 2. The molecule has 4 aromatic rings. The number of amides is 1. The zero-order valence-electron chi connectivity index (χ0n) is 29.1. The van der Waals surface area contributed by atoms with Crippen LogP contribution in [0.1, 0.15) is 57.9 Å². The van der Waals surface area contributed by atoms with Gasteiger partial charge in [-0.1, -0.05) is 19.1 Å². The van der Waals surface area contributed by atoms with Gasteiger partial charge in [-0.05, 0) is 105 Å². The molecule has 0 radical (unpaired) electrons. The third-order valence-corrected chi connectivity index (χ3v) is 10.8. The summed E-state index contributed by atoms with van der Waals surface area (Å²) in [5, 5.41) is 23.2. The van der Waals surface area contributed by atoms with Crippen molar-refractivity contribution in [1.82, 2.24) is 19.8 Å². The van der Waals surface area contributed by atoms with E-state index in [4.69, 9.17) is 14.5 Å². The summed E-state index contributed by atoms with van der Waals surface area (Å²) in [6.45, 7) is 6.00. The molecular formula is C38H45F2N5O5. The molecule has 3 saturated heterocycles. The van der Waals surface area contributed by atoms with E-state index < -0.39 is 17.2 Å². The smallest absolute Gasteiger partial charge is 0.409 e. The van der Waals surface area contributed by atoms with Gasteiger partial charge in [0.2, 0.25) is 0 Å². The predicted octanol–water partition coefficient (Wildman–Crippen LogP) is 6.42. The van der Waals surface area contributed by atoms with Gasteiger partial charge in [0.05, 0.1) is 11.1 Å². The van der Waals surface area contributed by atoms with Gasteiger partial charge >= 0.3 is 12.1 Å². The van der Waals surface area contributed by atoms with Gasteiger partial charge in [-0.3, -0.25) is 4.90 Å². The molecule has 3 fully saturated rings. The normalized spacial score (nSPS) is 23.8. The summed E-state index contributed by atoms with van der Waals surface area (Å²) >= 11 is 0. The Bertz CT molecular complexity index is 1950. The zero-order valence-corrected chi connectivity index (χ0v) is 29.1. The number of ether oxygens (including phenoxy) is 2. The Kier molecular flexibility index (Phi) is 8.96. The van der Waals surface area contributed by atoms with Gasteiger partial charge in [0, 0.05) is 44.2 Å². The van der Waals surface area contributed by atoms with Crippen molar-refractivity contribution < 1.29 is 33.3 Å². The highest BCUT2D eigenvalue weighted by molar-refractivity contribution is 6.03. The summed E-state index contributed by atoms with van der Waals surface area (Å²) in [4.78, 5) is 27.4. The van der Waals surface area contributed by atoms with Gasteiger partial charge in [0.15, 0.2) is 5.82 Å². The molecule has 1 amide bonds. The van der Waals surface area contributed by atoms with Crippen LogP contribution in [0.15, 0.2) is 36.4 Å². The number of aromatic hydroxyl groups is 1. The number of aryl methyl sites for hydroxylation is 1. The molecule has 1 aromatic heterocycles. The summed E-state index contributed by atoms with van der Waals surface area (Å²) in [6.07, 6.45) is 4.96. The topological polar surface area (TPSA) is 111 Å². The van der Waals surface area contributed by atoms with Crippen LogP contribution in [0.4, 0.5) is 19.4 Å². The van der Waals surface area contributed by atoms with E-state index in [9.17, 15) is 15.0 Å². The maximum absolute atomic E-state index is 17.0. The van der Waals surface area contributed by atoms with Crippen molar-refractivity contribution >= 4 is 33.6 Å². The lowest BCUT2D eigenvalue weighted by Crippen LogP contribution is -2.48. The standard InChI is InChI=1S/C38H45F2N5O5/c1-5-26-30(39)11-8-23-18-25(46)19-29(31(23)26)27-9-10-28-33(32(27)40)41-35(42-34(28)44-16-6-13-37(2,48)21-44)50-22-38-14-7-17-45(38)24(12-15-38)20-49-36(47)43(3)4/h8-11,18-19,24,46,48H,5-7,12-17,20-22H2,1-4H3/t24-,37+,38+/m0/s1. The number of β-amino-alcohol motifs (C(OH)–C–C–N with tert-alkyl or cyclic N) is 1. The lowest BCUT2D eigenvalue weighted by atomic mass is 9.92. The molecular weight excluding hydrogens is 644 g/mol. The minimum atomic E-state index is -0.950. The van der Waals surface area contributed by atoms with Crippen molar-refractivity contribution in [2.45, 2.75) is 76.0 Å². The fourth-order valence-electron chi connectivity index (χ4n) is 8.38. The molecule has 0 spiro atoms. The number of nitrogens with zero attached hydrogens (tertiary/aromatic N) is 5. The van der Waals surface area contributed by atoms with E-state index in [1.807, 2.05) is 11.8 Å². The van der Waals surface area contributed by atoms with E-state index in [1.165, 1.54) is 17.0 Å². The van der Waals surface area contributed by atoms with Crippen LogP contribution in [0.2, 0.25) is 0 Å². The lowest BCUT2D eigenvalue weighted by Gasteiger charge is -2.38. The Labute approximate surface area is 290 Å². The molecule has 3 atom stereocenters. The van der Waals surface area contributed by atoms with Crippen LogP contribution in [0.25, 0.3) is 32.8 Å². The van der Waals surface area contributed by atoms with Crippen LogP contribution in [0, 0.1) is 11.6 Å². The average Bonchev–Trinajstić information content (AvgIpc) is 3.65. The first-order valence-corrected chi connectivity index (χ1v) is 17.6. The number of benzene rings is 3. The first kappa shape index (κ1) is 34.2.